The van der Waals surface area contributed by atoms with Crippen LogP contribution in [0.3, 0.4) is 0 Å². The van der Waals surface area contributed by atoms with Crippen molar-refractivity contribution in [3.8, 4) is 0 Å². The fourth-order valence-corrected chi connectivity index (χ4v) is 1.07. The van der Waals surface area contributed by atoms with Crippen molar-refractivity contribution in [1.29, 1.82) is 0 Å². The van der Waals surface area contributed by atoms with E-state index in [1.54, 1.807) is 0 Å². The molecule has 0 aliphatic carbocycles. The molecule has 3 nitrogen and oxygen atoms in total. The number of hydrogen-bond donors (Lipinski definition) is 1. The van der Waals surface area contributed by atoms with Gasteiger partial charge in [-0.05, 0) is 17.7 Å². The van der Waals surface area contributed by atoms with E-state index in [0.29, 0.717) is 0 Å². The molecule has 16 heavy (non-hydrogen) atoms. The molecule has 0 radical (unpaired) electrons. The highest BCUT2D eigenvalue weighted by atomic mass is 19.4. The summed E-state index contributed by atoms with van der Waals surface area (Å²) < 4.78 is 36.4. The number of rotatable bonds is 3. The van der Waals surface area contributed by atoms with Crippen LogP contribution in [-0.2, 0) is 22.2 Å². The molecular formula is C10H7F3O3. The van der Waals surface area contributed by atoms with E-state index in [9.17, 15) is 22.8 Å². The third-order valence-electron chi connectivity index (χ3n) is 1.88. The molecule has 1 aromatic rings. The summed E-state index contributed by atoms with van der Waals surface area (Å²) in [6.07, 6.45) is -4.84. The van der Waals surface area contributed by atoms with Crippen LogP contribution in [0.5, 0.6) is 0 Å². The van der Waals surface area contributed by atoms with Crippen LogP contribution in [-0.4, -0.2) is 16.9 Å². The van der Waals surface area contributed by atoms with Gasteiger partial charge in [0.15, 0.2) is 0 Å². The molecular weight excluding hydrogens is 225 g/mol. The molecule has 0 bridgehead atoms. The molecule has 0 saturated carbocycles. The van der Waals surface area contributed by atoms with Crippen LogP contribution in [0.2, 0.25) is 0 Å². The summed E-state index contributed by atoms with van der Waals surface area (Å²) in [7, 11) is 0. The first-order valence-electron chi connectivity index (χ1n) is 4.23. The lowest BCUT2D eigenvalue weighted by Crippen LogP contribution is -2.15. The highest BCUT2D eigenvalue weighted by molar-refractivity contribution is 6.33. The van der Waals surface area contributed by atoms with E-state index in [2.05, 4.69) is 0 Å². The van der Waals surface area contributed by atoms with E-state index in [1.165, 1.54) is 0 Å². The highest BCUT2D eigenvalue weighted by Crippen LogP contribution is 2.29. The Kier molecular flexibility index (Phi) is 3.31. The van der Waals surface area contributed by atoms with Crippen LogP contribution in [0, 0.1) is 0 Å². The summed E-state index contributed by atoms with van der Waals surface area (Å²) in [6.45, 7) is 0. The van der Waals surface area contributed by atoms with Crippen LogP contribution >= 0.6 is 0 Å². The smallest absolute Gasteiger partial charge is 0.416 e. The van der Waals surface area contributed by atoms with Gasteiger partial charge in [-0.2, -0.15) is 13.2 Å². The quantitative estimate of drug-likeness (QED) is 0.810. The first-order chi connectivity index (χ1) is 7.30. The van der Waals surface area contributed by atoms with Gasteiger partial charge < -0.3 is 5.11 Å². The van der Waals surface area contributed by atoms with Gasteiger partial charge in [-0.1, -0.05) is 12.1 Å². The van der Waals surface area contributed by atoms with Crippen LogP contribution in [0.25, 0.3) is 0 Å². The Labute approximate surface area is 88.5 Å². The zero-order valence-corrected chi connectivity index (χ0v) is 7.91. The van der Waals surface area contributed by atoms with Gasteiger partial charge in [-0.25, -0.2) is 4.79 Å². The maximum Gasteiger partial charge on any atom is 0.416 e. The van der Waals surface area contributed by atoms with Gasteiger partial charge >= 0.3 is 12.1 Å². The first-order valence-corrected chi connectivity index (χ1v) is 4.23. The normalized spacial score (nSPS) is 11.2. The Bertz CT molecular complexity index is 406. The zero-order chi connectivity index (χ0) is 12.3. The summed E-state index contributed by atoms with van der Waals surface area (Å²) in [5.41, 5.74) is -0.598. The Morgan fingerprint density at radius 2 is 1.62 bits per heavy atom. The second-order valence-electron chi connectivity index (χ2n) is 3.10. The predicted molar refractivity (Wildman–Crippen MR) is 47.8 cm³/mol. The molecule has 0 spiro atoms. The van der Waals surface area contributed by atoms with E-state index in [1.807, 2.05) is 0 Å². The molecule has 0 atom stereocenters. The summed E-state index contributed by atoms with van der Waals surface area (Å²) in [5.74, 6) is -2.65. The van der Waals surface area contributed by atoms with Gasteiger partial charge in [0.25, 0.3) is 0 Å². The van der Waals surface area contributed by atoms with Crippen LogP contribution in [0.15, 0.2) is 24.3 Å². The van der Waals surface area contributed by atoms with Crippen molar-refractivity contribution in [3.05, 3.63) is 35.4 Å². The average Bonchev–Trinajstić information content (AvgIpc) is 2.17. The van der Waals surface area contributed by atoms with Crippen LogP contribution in [0.1, 0.15) is 11.1 Å². The molecule has 1 aromatic carbocycles. The molecule has 0 aliphatic heterocycles. The topological polar surface area (TPSA) is 54.4 Å². The number of ketones is 1. The monoisotopic (exact) mass is 232 g/mol. The molecule has 6 heteroatoms. The largest absolute Gasteiger partial charge is 0.475 e. The Morgan fingerprint density at radius 1 is 1.12 bits per heavy atom. The number of halogens is 3. The number of carbonyl (C=O) groups excluding carboxylic acids is 1. The van der Waals surface area contributed by atoms with E-state index >= 15 is 0 Å². The average molecular weight is 232 g/mol. The molecule has 0 saturated heterocycles. The number of alkyl halides is 3. The maximum atomic E-state index is 12.1. The molecule has 1 N–H and O–H groups in total. The zero-order valence-electron chi connectivity index (χ0n) is 7.91. The number of benzene rings is 1. The van der Waals surface area contributed by atoms with Crippen molar-refractivity contribution in [2.24, 2.45) is 0 Å². The van der Waals surface area contributed by atoms with E-state index in [-0.39, 0.29) is 5.56 Å². The second-order valence-corrected chi connectivity index (χ2v) is 3.10. The lowest BCUT2D eigenvalue weighted by atomic mass is 10.1. The predicted octanol–water partition coefficient (Wildman–Crippen LogP) is 1.90. The minimum atomic E-state index is -4.44. The first kappa shape index (κ1) is 12.2. The molecule has 1 rings (SSSR count). The summed E-state index contributed by atoms with van der Waals surface area (Å²) in [5, 5.41) is 8.30. The lowest BCUT2D eigenvalue weighted by molar-refractivity contribution is -0.148. The number of carbonyl (C=O) groups is 2. The molecule has 0 amide bonds. The van der Waals surface area contributed by atoms with Crippen LogP contribution in [0.4, 0.5) is 13.2 Å². The SMILES string of the molecule is O=C(O)C(=O)Cc1ccc(C(F)(F)F)cc1. The summed E-state index contributed by atoms with van der Waals surface area (Å²) in [4.78, 5) is 21.0. The van der Waals surface area contributed by atoms with Gasteiger partial charge in [-0.15, -0.1) is 0 Å². The van der Waals surface area contributed by atoms with Crippen molar-refractivity contribution >= 4 is 11.8 Å². The van der Waals surface area contributed by atoms with Gasteiger partial charge in [0.05, 0.1) is 5.56 Å². The van der Waals surface area contributed by atoms with Crippen molar-refractivity contribution < 1.29 is 27.9 Å². The van der Waals surface area contributed by atoms with Crippen molar-refractivity contribution in [1.82, 2.24) is 0 Å². The lowest BCUT2D eigenvalue weighted by Gasteiger charge is -2.06. The maximum absolute atomic E-state index is 12.1. The van der Waals surface area contributed by atoms with E-state index in [0.717, 1.165) is 24.3 Å². The van der Waals surface area contributed by atoms with E-state index < -0.39 is 29.9 Å². The molecule has 0 heterocycles. The second kappa shape index (κ2) is 4.34. The van der Waals surface area contributed by atoms with Crippen molar-refractivity contribution in [2.75, 3.05) is 0 Å². The van der Waals surface area contributed by atoms with Crippen LogP contribution < -0.4 is 0 Å². The number of carboxylic acids is 1. The number of Topliss-reactive ketones (excluding diaryl/α,β-unsaturated/α-hetero) is 1. The Morgan fingerprint density at radius 3 is 2.00 bits per heavy atom. The third kappa shape index (κ3) is 3.08. The fourth-order valence-electron chi connectivity index (χ4n) is 1.07. The van der Waals surface area contributed by atoms with Crippen molar-refractivity contribution in [2.45, 2.75) is 12.6 Å². The number of aliphatic carboxylic acids is 1. The summed E-state index contributed by atoms with van der Waals surface area (Å²) in [6, 6.07) is 3.79. The number of hydrogen-bond acceptors (Lipinski definition) is 2. The highest BCUT2D eigenvalue weighted by Gasteiger charge is 2.30. The molecule has 86 valence electrons. The van der Waals surface area contributed by atoms with Gasteiger partial charge in [0.2, 0.25) is 5.78 Å². The molecule has 0 fully saturated rings. The molecule has 0 aliphatic rings. The third-order valence-corrected chi connectivity index (χ3v) is 1.88. The molecule has 0 aromatic heterocycles. The minimum absolute atomic E-state index is 0.236. The summed E-state index contributed by atoms with van der Waals surface area (Å²) >= 11 is 0. The van der Waals surface area contributed by atoms with Crippen molar-refractivity contribution in [3.63, 3.8) is 0 Å². The standard InChI is InChI=1S/C10H7F3O3/c11-10(12,13)7-3-1-6(2-4-7)5-8(14)9(15)16/h1-4H,5H2,(H,15,16). The van der Waals surface area contributed by atoms with Gasteiger partial charge in [0, 0.05) is 6.42 Å². The number of carboxylic acid groups (broad SMARTS) is 1. The van der Waals surface area contributed by atoms with Gasteiger partial charge in [0.1, 0.15) is 0 Å². The van der Waals surface area contributed by atoms with E-state index in [4.69, 9.17) is 5.11 Å². The van der Waals surface area contributed by atoms with Gasteiger partial charge in [-0.3, -0.25) is 4.79 Å². The Hall–Kier alpha value is -1.85. The molecule has 0 unspecified atom stereocenters. The fraction of sp³-hybridized carbons (Fsp3) is 0.200. The minimum Gasteiger partial charge on any atom is -0.475 e. The Balaban J connectivity index is 2.80.